The van der Waals surface area contributed by atoms with Crippen molar-refractivity contribution in [3.8, 4) is 0 Å². The van der Waals surface area contributed by atoms with E-state index < -0.39 is 0 Å². The van der Waals surface area contributed by atoms with Crippen molar-refractivity contribution in [3.05, 3.63) is 41.7 Å². The van der Waals surface area contributed by atoms with Crippen molar-refractivity contribution < 1.29 is 4.79 Å². The van der Waals surface area contributed by atoms with Crippen LogP contribution in [0.15, 0.2) is 30.5 Å². The van der Waals surface area contributed by atoms with E-state index >= 15 is 0 Å². The van der Waals surface area contributed by atoms with Gasteiger partial charge in [-0.25, -0.2) is 0 Å². The summed E-state index contributed by atoms with van der Waals surface area (Å²) in [6, 6.07) is 8.02. The van der Waals surface area contributed by atoms with Crippen molar-refractivity contribution in [1.29, 1.82) is 0 Å². The van der Waals surface area contributed by atoms with Gasteiger partial charge >= 0.3 is 0 Å². The zero-order valence-electron chi connectivity index (χ0n) is 11.5. The number of carbonyl (C=O) groups is 1. The molecule has 0 unspecified atom stereocenters. The van der Waals surface area contributed by atoms with Crippen molar-refractivity contribution >= 4 is 17.3 Å². The average Bonchev–Trinajstić information content (AvgIpc) is 2.87. The first-order valence-corrected chi connectivity index (χ1v) is 6.93. The molecule has 1 aliphatic rings. The van der Waals surface area contributed by atoms with Crippen molar-refractivity contribution in [2.24, 2.45) is 0 Å². The molecule has 0 saturated heterocycles. The second-order valence-corrected chi connectivity index (χ2v) is 4.98. The Bertz CT molecular complexity index is 647. The Labute approximate surface area is 118 Å². The van der Waals surface area contributed by atoms with Crippen LogP contribution in [0.4, 0.5) is 11.4 Å². The fourth-order valence-electron chi connectivity index (χ4n) is 2.64. The third-order valence-corrected chi connectivity index (χ3v) is 3.67. The summed E-state index contributed by atoms with van der Waals surface area (Å²) in [6.45, 7) is 3.39. The number of nitrogen functional groups attached to an aromatic ring is 1. The van der Waals surface area contributed by atoms with E-state index in [4.69, 9.17) is 5.73 Å². The van der Waals surface area contributed by atoms with Gasteiger partial charge in [-0.15, -0.1) is 0 Å². The van der Waals surface area contributed by atoms with Gasteiger partial charge < -0.3 is 10.6 Å². The number of amides is 1. The topological polar surface area (TPSA) is 64.2 Å². The average molecular weight is 270 g/mol. The smallest absolute Gasteiger partial charge is 0.280 e. The molecule has 104 valence electrons. The molecule has 0 bridgehead atoms. The molecule has 5 nitrogen and oxygen atoms in total. The number of aromatic nitrogens is 2. The standard InChI is InChI=1S/C15H18N4O/c1-2-18-10-12(16)14(17-18)15(20)19-9-5-7-11-6-3-4-8-13(11)19/h3-4,6,8,10H,2,5,7,9,16H2,1H3. The first kappa shape index (κ1) is 12.7. The molecular formula is C15H18N4O. The summed E-state index contributed by atoms with van der Waals surface area (Å²) < 4.78 is 1.69. The minimum atomic E-state index is -0.109. The number of nitrogens with zero attached hydrogens (tertiary/aromatic N) is 3. The summed E-state index contributed by atoms with van der Waals surface area (Å²) >= 11 is 0. The van der Waals surface area contributed by atoms with E-state index in [1.807, 2.05) is 25.1 Å². The molecule has 5 heteroatoms. The lowest BCUT2D eigenvalue weighted by molar-refractivity contribution is 0.0980. The minimum Gasteiger partial charge on any atom is -0.396 e. The molecule has 0 fully saturated rings. The van der Waals surface area contributed by atoms with Crippen molar-refractivity contribution in [2.75, 3.05) is 17.2 Å². The molecule has 0 radical (unpaired) electrons. The minimum absolute atomic E-state index is 0.109. The third kappa shape index (κ3) is 2.05. The van der Waals surface area contributed by atoms with E-state index in [0.29, 0.717) is 24.5 Å². The molecule has 0 spiro atoms. The second kappa shape index (κ2) is 5.00. The molecule has 0 atom stereocenters. The molecule has 2 heterocycles. The number of para-hydroxylation sites is 1. The predicted octanol–water partition coefficient (Wildman–Crippen LogP) is 2.08. The van der Waals surface area contributed by atoms with E-state index in [2.05, 4.69) is 11.2 Å². The number of aryl methyl sites for hydroxylation is 2. The summed E-state index contributed by atoms with van der Waals surface area (Å²) in [5.74, 6) is -0.109. The molecular weight excluding hydrogens is 252 g/mol. The van der Waals surface area contributed by atoms with Crippen LogP contribution in [-0.2, 0) is 13.0 Å². The highest BCUT2D eigenvalue weighted by molar-refractivity contribution is 6.08. The number of hydrogen-bond donors (Lipinski definition) is 1. The van der Waals surface area contributed by atoms with Gasteiger partial charge in [0.1, 0.15) is 0 Å². The monoisotopic (exact) mass is 270 g/mol. The van der Waals surface area contributed by atoms with Crippen LogP contribution in [0.1, 0.15) is 29.4 Å². The van der Waals surface area contributed by atoms with Gasteiger partial charge in [-0.3, -0.25) is 9.48 Å². The van der Waals surface area contributed by atoms with Crippen molar-refractivity contribution in [3.63, 3.8) is 0 Å². The highest BCUT2D eigenvalue weighted by Crippen LogP contribution is 2.28. The molecule has 0 saturated carbocycles. The van der Waals surface area contributed by atoms with Crippen LogP contribution in [0.3, 0.4) is 0 Å². The predicted molar refractivity (Wildman–Crippen MR) is 78.8 cm³/mol. The SMILES string of the molecule is CCn1cc(N)c(C(=O)N2CCCc3ccccc32)n1. The summed E-state index contributed by atoms with van der Waals surface area (Å²) in [6.07, 6.45) is 3.69. The lowest BCUT2D eigenvalue weighted by Crippen LogP contribution is -2.36. The number of anilines is 2. The van der Waals surface area contributed by atoms with Crippen LogP contribution in [0.5, 0.6) is 0 Å². The fourth-order valence-corrected chi connectivity index (χ4v) is 2.64. The summed E-state index contributed by atoms with van der Waals surface area (Å²) in [7, 11) is 0. The van der Waals surface area contributed by atoms with Crippen molar-refractivity contribution in [2.45, 2.75) is 26.3 Å². The lowest BCUT2D eigenvalue weighted by Gasteiger charge is -2.28. The molecule has 2 aromatic rings. The van der Waals surface area contributed by atoms with E-state index in [-0.39, 0.29) is 5.91 Å². The van der Waals surface area contributed by atoms with Gasteiger partial charge in [0.25, 0.3) is 5.91 Å². The van der Waals surface area contributed by atoms with Gasteiger partial charge in [0.2, 0.25) is 0 Å². The number of hydrogen-bond acceptors (Lipinski definition) is 3. The molecule has 1 aliphatic heterocycles. The van der Waals surface area contributed by atoms with Crippen LogP contribution >= 0.6 is 0 Å². The fraction of sp³-hybridized carbons (Fsp3) is 0.333. The van der Waals surface area contributed by atoms with Gasteiger partial charge in [-0.05, 0) is 31.4 Å². The highest BCUT2D eigenvalue weighted by atomic mass is 16.2. The Morgan fingerprint density at radius 3 is 2.95 bits per heavy atom. The number of nitrogens with two attached hydrogens (primary N) is 1. The molecule has 20 heavy (non-hydrogen) atoms. The van der Waals surface area contributed by atoms with E-state index in [1.165, 1.54) is 5.56 Å². The largest absolute Gasteiger partial charge is 0.396 e. The quantitative estimate of drug-likeness (QED) is 0.908. The maximum absolute atomic E-state index is 12.7. The van der Waals surface area contributed by atoms with Gasteiger partial charge in [0, 0.05) is 25.0 Å². The Balaban J connectivity index is 1.97. The molecule has 3 rings (SSSR count). The Hall–Kier alpha value is -2.30. The van der Waals surface area contributed by atoms with Crippen molar-refractivity contribution in [1.82, 2.24) is 9.78 Å². The normalized spacial score (nSPS) is 14.2. The second-order valence-electron chi connectivity index (χ2n) is 4.98. The number of carbonyl (C=O) groups excluding carboxylic acids is 1. The lowest BCUT2D eigenvalue weighted by atomic mass is 10.0. The van der Waals surface area contributed by atoms with Crippen LogP contribution < -0.4 is 10.6 Å². The molecule has 1 aromatic carbocycles. The maximum atomic E-state index is 12.7. The number of benzene rings is 1. The van der Waals surface area contributed by atoms with E-state index in [0.717, 1.165) is 18.5 Å². The van der Waals surface area contributed by atoms with E-state index in [1.54, 1.807) is 15.8 Å². The molecule has 1 amide bonds. The van der Waals surface area contributed by atoms with Crippen LogP contribution in [0, 0.1) is 0 Å². The Morgan fingerprint density at radius 1 is 1.40 bits per heavy atom. The molecule has 1 aromatic heterocycles. The highest BCUT2D eigenvalue weighted by Gasteiger charge is 2.26. The first-order chi connectivity index (χ1) is 9.70. The zero-order valence-corrected chi connectivity index (χ0v) is 11.5. The third-order valence-electron chi connectivity index (χ3n) is 3.67. The van der Waals surface area contributed by atoms with E-state index in [9.17, 15) is 4.79 Å². The Kier molecular flexibility index (Phi) is 3.18. The summed E-state index contributed by atoms with van der Waals surface area (Å²) in [5.41, 5.74) is 8.90. The van der Waals surface area contributed by atoms with Gasteiger partial charge in [-0.1, -0.05) is 18.2 Å². The zero-order chi connectivity index (χ0) is 14.1. The summed E-state index contributed by atoms with van der Waals surface area (Å²) in [4.78, 5) is 14.5. The molecule has 2 N–H and O–H groups in total. The number of rotatable bonds is 2. The summed E-state index contributed by atoms with van der Waals surface area (Å²) in [5, 5.41) is 4.28. The Morgan fingerprint density at radius 2 is 2.20 bits per heavy atom. The maximum Gasteiger partial charge on any atom is 0.280 e. The van der Waals surface area contributed by atoms with Gasteiger partial charge in [-0.2, -0.15) is 5.10 Å². The van der Waals surface area contributed by atoms with Crippen LogP contribution in [0.2, 0.25) is 0 Å². The molecule has 0 aliphatic carbocycles. The van der Waals surface area contributed by atoms with Crippen LogP contribution in [-0.4, -0.2) is 22.2 Å². The first-order valence-electron chi connectivity index (χ1n) is 6.93. The van der Waals surface area contributed by atoms with Gasteiger partial charge in [0.05, 0.1) is 5.69 Å². The number of fused-ring (bicyclic) bond motifs is 1. The van der Waals surface area contributed by atoms with Gasteiger partial charge in [0.15, 0.2) is 5.69 Å². The van der Waals surface area contributed by atoms with Crippen LogP contribution in [0.25, 0.3) is 0 Å².